The van der Waals surface area contributed by atoms with E-state index in [-0.39, 0.29) is 0 Å². The van der Waals surface area contributed by atoms with Crippen molar-refractivity contribution in [3.63, 3.8) is 0 Å². The van der Waals surface area contributed by atoms with Crippen LogP contribution in [-0.2, 0) is 13.0 Å². The number of alkyl halides is 1. The van der Waals surface area contributed by atoms with Crippen molar-refractivity contribution in [2.45, 2.75) is 13.0 Å². The molecule has 0 bridgehead atoms. The Morgan fingerprint density at radius 2 is 2.19 bits per heavy atom. The molecule has 0 amide bonds. The minimum Gasteiger partial charge on any atom is -0.497 e. The summed E-state index contributed by atoms with van der Waals surface area (Å²) in [6.07, 6.45) is 4.31. The zero-order chi connectivity index (χ0) is 14.7. The maximum Gasteiger partial charge on any atom is 0.119 e. The molecule has 0 saturated heterocycles. The average Bonchev–Trinajstić information content (AvgIpc) is 2.86. The van der Waals surface area contributed by atoms with Gasteiger partial charge in [0.15, 0.2) is 0 Å². The van der Waals surface area contributed by atoms with Crippen molar-refractivity contribution in [3.8, 4) is 5.75 Å². The fraction of sp³-hybridized carbons (Fsp3) is 0.250. The Morgan fingerprint density at radius 1 is 1.29 bits per heavy atom. The predicted molar refractivity (Wildman–Crippen MR) is 84.0 cm³/mol. The van der Waals surface area contributed by atoms with E-state index in [2.05, 4.69) is 20.6 Å². The summed E-state index contributed by atoms with van der Waals surface area (Å²) in [6, 6.07) is 10.0. The van der Waals surface area contributed by atoms with E-state index in [1.54, 1.807) is 19.5 Å². The van der Waals surface area contributed by atoms with Gasteiger partial charge in [-0.3, -0.25) is 4.98 Å². The Morgan fingerprint density at radius 3 is 3.00 bits per heavy atom. The van der Waals surface area contributed by atoms with Crippen LogP contribution >= 0.6 is 11.6 Å². The lowest BCUT2D eigenvalue weighted by molar-refractivity contribution is 0.414. The molecule has 0 spiro atoms. The van der Waals surface area contributed by atoms with Crippen molar-refractivity contribution in [1.29, 1.82) is 0 Å². The van der Waals surface area contributed by atoms with E-state index < -0.39 is 0 Å². The lowest BCUT2D eigenvalue weighted by atomic mass is 10.2. The maximum absolute atomic E-state index is 5.90. The number of aryl methyl sites for hydroxylation is 1. The van der Waals surface area contributed by atoms with Gasteiger partial charge in [0.1, 0.15) is 17.1 Å². The summed E-state index contributed by atoms with van der Waals surface area (Å²) in [7, 11) is 1.68. The highest BCUT2D eigenvalue weighted by Gasteiger charge is 2.11. The van der Waals surface area contributed by atoms with Crippen molar-refractivity contribution in [3.05, 3.63) is 54.1 Å². The molecule has 0 aliphatic carbocycles. The number of hydrogen-bond donors (Lipinski definition) is 0. The quantitative estimate of drug-likeness (QED) is 0.679. The van der Waals surface area contributed by atoms with Gasteiger partial charge < -0.3 is 9.30 Å². The molecule has 1 aromatic carbocycles. The van der Waals surface area contributed by atoms with Crippen molar-refractivity contribution in [2.75, 3.05) is 13.0 Å². The molecule has 0 N–H and O–H groups in total. The third-order valence-corrected chi connectivity index (χ3v) is 3.61. The molecule has 21 heavy (non-hydrogen) atoms. The van der Waals surface area contributed by atoms with Gasteiger partial charge in [-0.05, 0) is 23.8 Å². The van der Waals surface area contributed by atoms with E-state index in [0.717, 1.165) is 35.6 Å². The van der Waals surface area contributed by atoms with E-state index >= 15 is 0 Å². The maximum atomic E-state index is 5.90. The number of halogens is 1. The molecule has 3 aromatic rings. The molecular formula is C16H16ClN3O. The number of aromatic nitrogens is 3. The van der Waals surface area contributed by atoms with Crippen LogP contribution in [0.2, 0.25) is 0 Å². The third kappa shape index (κ3) is 2.85. The molecule has 0 unspecified atom stereocenters. The minimum absolute atomic E-state index is 0.550. The van der Waals surface area contributed by atoms with Gasteiger partial charge in [0.2, 0.25) is 0 Å². The van der Waals surface area contributed by atoms with Gasteiger partial charge in [0.25, 0.3) is 0 Å². The number of ether oxygens (including phenoxy) is 1. The Kier molecular flexibility index (Phi) is 4.06. The third-order valence-electron chi connectivity index (χ3n) is 3.42. The van der Waals surface area contributed by atoms with Crippen LogP contribution in [-0.4, -0.2) is 27.5 Å². The summed E-state index contributed by atoms with van der Waals surface area (Å²) < 4.78 is 7.47. The molecule has 108 valence electrons. The Bertz CT molecular complexity index is 754. The lowest BCUT2D eigenvalue weighted by Crippen LogP contribution is -2.06. The van der Waals surface area contributed by atoms with Crippen LogP contribution in [0.3, 0.4) is 0 Å². The summed E-state index contributed by atoms with van der Waals surface area (Å²) >= 11 is 5.90. The van der Waals surface area contributed by atoms with Crippen LogP contribution in [0.15, 0.2) is 42.7 Å². The summed E-state index contributed by atoms with van der Waals surface area (Å²) in [4.78, 5) is 8.76. The highest BCUT2D eigenvalue weighted by atomic mass is 35.5. The number of methoxy groups -OCH3 is 1. The topological polar surface area (TPSA) is 39.9 Å². The van der Waals surface area contributed by atoms with Crippen molar-refractivity contribution >= 4 is 22.6 Å². The summed E-state index contributed by atoms with van der Waals surface area (Å²) in [5.41, 5.74) is 3.15. The largest absolute Gasteiger partial charge is 0.497 e. The molecule has 0 fully saturated rings. The zero-order valence-electron chi connectivity index (χ0n) is 11.8. The number of hydrogen-bond acceptors (Lipinski definition) is 3. The summed E-state index contributed by atoms with van der Waals surface area (Å²) in [5.74, 6) is 2.39. The minimum atomic E-state index is 0.550. The molecule has 5 heteroatoms. The highest BCUT2D eigenvalue weighted by Crippen LogP contribution is 2.20. The first-order valence-electron chi connectivity index (χ1n) is 6.80. The normalized spacial score (nSPS) is 11.0. The summed E-state index contributed by atoms with van der Waals surface area (Å²) in [5, 5.41) is 0. The number of rotatable bonds is 5. The first-order chi connectivity index (χ1) is 10.3. The van der Waals surface area contributed by atoms with E-state index in [4.69, 9.17) is 16.3 Å². The summed E-state index contributed by atoms with van der Waals surface area (Å²) in [6.45, 7) is 0.740. The van der Waals surface area contributed by atoms with E-state index in [1.807, 2.05) is 24.3 Å². The van der Waals surface area contributed by atoms with Gasteiger partial charge in [-0.15, -0.1) is 11.6 Å². The monoisotopic (exact) mass is 301 g/mol. The average molecular weight is 302 g/mol. The second-order valence-electron chi connectivity index (χ2n) is 4.77. The zero-order valence-corrected chi connectivity index (χ0v) is 12.5. The SMILES string of the molecule is COc1cccc(Cn2c(CCCl)nc3cnccc32)c1. The molecule has 2 aromatic heterocycles. The Balaban J connectivity index is 2.03. The number of benzene rings is 1. The number of imidazole rings is 1. The van der Waals surface area contributed by atoms with Gasteiger partial charge in [0, 0.05) is 25.0 Å². The van der Waals surface area contributed by atoms with Gasteiger partial charge in [0.05, 0.1) is 18.8 Å². The van der Waals surface area contributed by atoms with Crippen LogP contribution in [0.4, 0.5) is 0 Å². The molecule has 2 heterocycles. The predicted octanol–water partition coefficient (Wildman–Crippen LogP) is 3.27. The van der Waals surface area contributed by atoms with E-state index in [0.29, 0.717) is 5.88 Å². The smallest absolute Gasteiger partial charge is 0.119 e. The van der Waals surface area contributed by atoms with Crippen LogP contribution < -0.4 is 4.74 Å². The highest BCUT2D eigenvalue weighted by molar-refractivity contribution is 6.17. The standard InChI is InChI=1S/C16H16ClN3O/c1-21-13-4-2-3-12(9-13)11-20-15-6-8-18-10-14(15)19-16(20)5-7-17/h2-4,6,8-10H,5,7,11H2,1H3. The lowest BCUT2D eigenvalue weighted by Gasteiger charge is -2.10. The first-order valence-corrected chi connectivity index (χ1v) is 7.33. The van der Waals surface area contributed by atoms with Gasteiger partial charge in [-0.25, -0.2) is 4.98 Å². The molecule has 3 rings (SSSR count). The van der Waals surface area contributed by atoms with E-state index in [1.165, 1.54) is 5.56 Å². The van der Waals surface area contributed by atoms with Gasteiger partial charge >= 0.3 is 0 Å². The molecule has 0 atom stereocenters. The van der Waals surface area contributed by atoms with Gasteiger partial charge in [-0.1, -0.05) is 12.1 Å². The fourth-order valence-electron chi connectivity index (χ4n) is 2.44. The molecule has 0 aliphatic heterocycles. The molecule has 4 nitrogen and oxygen atoms in total. The Labute approximate surface area is 128 Å². The number of pyridine rings is 1. The fourth-order valence-corrected chi connectivity index (χ4v) is 2.61. The van der Waals surface area contributed by atoms with Crippen LogP contribution in [0, 0.1) is 0 Å². The molecule has 0 aliphatic rings. The number of fused-ring (bicyclic) bond motifs is 1. The van der Waals surface area contributed by atoms with Crippen LogP contribution in [0.5, 0.6) is 5.75 Å². The first kappa shape index (κ1) is 13.9. The van der Waals surface area contributed by atoms with Gasteiger partial charge in [-0.2, -0.15) is 0 Å². The second-order valence-corrected chi connectivity index (χ2v) is 5.15. The second kappa shape index (κ2) is 6.14. The molecular weight excluding hydrogens is 286 g/mol. The number of nitrogens with zero attached hydrogens (tertiary/aromatic N) is 3. The molecule has 0 radical (unpaired) electrons. The van der Waals surface area contributed by atoms with Crippen molar-refractivity contribution < 1.29 is 4.74 Å². The van der Waals surface area contributed by atoms with E-state index in [9.17, 15) is 0 Å². The van der Waals surface area contributed by atoms with Crippen LogP contribution in [0.1, 0.15) is 11.4 Å². The van der Waals surface area contributed by atoms with Crippen molar-refractivity contribution in [2.24, 2.45) is 0 Å². The molecule has 0 saturated carbocycles. The van der Waals surface area contributed by atoms with Crippen molar-refractivity contribution in [1.82, 2.24) is 14.5 Å². The van der Waals surface area contributed by atoms with Crippen LogP contribution in [0.25, 0.3) is 11.0 Å². The Hall–Kier alpha value is -2.07.